The Morgan fingerprint density at radius 2 is 2.06 bits per heavy atom. The topological polar surface area (TPSA) is 58.2 Å². The number of benzene rings is 1. The molecule has 0 aliphatic rings. The molecule has 0 aliphatic heterocycles. The van der Waals surface area contributed by atoms with Gasteiger partial charge in [-0.2, -0.15) is 0 Å². The van der Waals surface area contributed by atoms with Crippen molar-refractivity contribution in [3.8, 4) is 0 Å². The Balaban J connectivity index is 2.80. The van der Waals surface area contributed by atoms with Gasteiger partial charge in [-0.1, -0.05) is 0 Å². The fourth-order valence-electron chi connectivity index (χ4n) is 1.20. The van der Waals surface area contributed by atoms with E-state index in [1.54, 1.807) is 14.0 Å². The van der Waals surface area contributed by atoms with Gasteiger partial charge >= 0.3 is 0 Å². The first-order valence-electron chi connectivity index (χ1n) is 4.86. The lowest BCUT2D eigenvalue weighted by Gasteiger charge is -2.10. The van der Waals surface area contributed by atoms with Gasteiger partial charge in [0.2, 0.25) is 10.0 Å². The van der Waals surface area contributed by atoms with Crippen LogP contribution in [0.4, 0.5) is 10.1 Å². The average molecular weight is 246 g/mol. The molecule has 0 heterocycles. The molecule has 0 bridgehead atoms. The van der Waals surface area contributed by atoms with Crippen LogP contribution in [0.3, 0.4) is 0 Å². The second-order valence-electron chi connectivity index (χ2n) is 3.48. The molecule has 0 fully saturated rings. The van der Waals surface area contributed by atoms with Crippen LogP contribution in [0.15, 0.2) is 18.2 Å². The molecule has 16 heavy (non-hydrogen) atoms. The second-order valence-corrected chi connectivity index (χ2v) is 5.33. The van der Waals surface area contributed by atoms with E-state index in [1.165, 1.54) is 18.2 Å². The fraction of sp³-hybridized carbons (Fsp3) is 0.400. The Morgan fingerprint density at radius 1 is 1.38 bits per heavy atom. The molecular weight excluding hydrogens is 231 g/mol. The van der Waals surface area contributed by atoms with Gasteiger partial charge in [0.25, 0.3) is 0 Å². The van der Waals surface area contributed by atoms with Gasteiger partial charge in [0.1, 0.15) is 5.82 Å². The molecule has 0 unspecified atom stereocenters. The first-order valence-corrected chi connectivity index (χ1v) is 6.51. The summed E-state index contributed by atoms with van der Waals surface area (Å²) in [6.07, 6.45) is 0. The van der Waals surface area contributed by atoms with Crippen molar-refractivity contribution in [1.82, 2.24) is 5.32 Å². The average Bonchev–Trinajstić information content (AvgIpc) is 2.19. The summed E-state index contributed by atoms with van der Waals surface area (Å²) in [5.41, 5.74) is 0.977. The number of hydrogen-bond donors (Lipinski definition) is 2. The second kappa shape index (κ2) is 5.27. The van der Waals surface area contributed by atoms with Gasteiger partial charge in [-0.3, -0.25) is 4.72 Å². The monoisotopic (exact) mass is 246 g/mol. The van der Waals surface area contributed by atoms with E-state index in [2.05, 4.69) is 10.0 Å². The minimum Gasteiger partial charge on any atom is -0.319 e. The molecule has 0 saturated heterocycles. The molecule has 0 aromatic heterocycles. The van der Waals surface area contributed by atoms with E-state index in [1.807, 2.05) is 0 Å². The third kappa shape index (κ3) is 3.79. The van der Waals surface area contributed by atoms with Crippen LogP contribution in [0, 0.1) is 12.7 Å². The zero-order chi connectivity index (χ0) is 12.2. The summed E-state index contributed by atoms with van der Waals surface area (Å²) >= 11 is 0. The lowest BCUT2D eigenvalue weighted by atomic mass is 10.2. The Hall–Kier alpha value is -1.14. The normalized spacial score (nSPS) is 11.4. The fourth-order valence-corrected chi connectivity index (χ4v) is 2.34. The van der Waals surface area contributed by atoms with Gasteiger partial charge in [0.05, 0.1) is 11.4 Å². The van der Waals surface area contributed by atoms with Crippen molar-refractivity contribution < 1.29 is 12.8 Å². The van der Waals surface area contributed by atoms with Crippen LogP contribution >= 0.6 is 0 Å². The van der Waals surface area contributed by atoms with Crippen molar-refractivity contribution in [3.05, 3.63) is 29.6 Å². The molecule has 0 atom stereocenters. The molecule has 0 radical (unpaired) electrons. The molecular formula is C10H15FN2O2S. The number of aryl methyl sites for hydroxylation is 1. The van der Waals surface area contributed by atoms with E-state index in [0.717, 1.165) is 0 Å². The van der Waals surface area contributed by atoms with Crippen molar-refractivity contribution in [2.45, 2.75) is 6.92 Å². The van der Waals surface area contributed by atoms with Gasteiger partial charge in [-0.05, 0) is 37.7 Å². The van der Waals surface area contributed by atoms with Crippen LogP contribution in [0.25, 0.3) is 0 Å². The maximum absolute atomic E-state index is 12.8. The highest BCUT2D eigenvalue weighted by Gasteiger charge is 2.11. The highest BCUT2D eigenvalue weighted by Crippen LogP contribution is 2.16. The van der Waals surface area contributed by atoms with Crippen LogP contribution in [-0.2, 0) is 10.0 Å². The Labute approximate surface area is 94.9 Å². The third-order valence-electron chi connectivity index (χ3n) is 2.07. The maximum Gasteiger partial charge on any atom is 0.233 e. The van der Waals surface area contributed by atoms with E-state index >= 15 is 0 Å². The van der Waals surface area contributed by atoms with Crippen molar-refractivity contribution in [1.29, 1.82) is 0 Å². The van der Waals surface area contributed by atoms with Crippen molar-refractivity contribution in [3.63, 3.8) is 0 Å². The van der Waals surface area contributed by atoms with Gasteiger partial charge in [-0.25, -0.2) is 12.8 Å². The largest absolute Gasteiger partial charge is 0.319 e. The molecule has 0 spiro atoms. The molecule has 1 rings (SSSR count). The molecule has 1 aromatic carbocycles. The summed E-state index contributed by atoms with van der Waals surface area (Å²) in [5.74, 6) is -0.393. The summed E-state index contributed by atoms with van der Waals surface area (Å²) < 4.78 is 38.3. The number of halogens is 1. The van der Waals surface area contributed by atoms with Crippen LogP contribution in [-0.4, -0.2) is 27.8 Å². The number of anilines is 1. The SMILES string of the molecule is CNCCS(=O)(=O)Nc1ccc(F)cc1C. The Morgan fingerprint density at radius 3 is 2.62 bits per heavy atom. The molecule has 1 aromatic rings. The van der Waals surface area contributed by atoms with E-state index in [4.69, 9.17) is 0 Å². The summed E-state index contributed by atoms with van der Waals surface area (Å²) in [6, 6.07) is 3.93. The first-order chi connectivity index (χ1) is 7.44. The molecule has 0 amide bonds. The van der Waals surface area contributed by atoms with Gasteiger partial charge in [0, 0.05) is 6.54 Å². The predicted molar refractivity (Wildman–Crippen MR) is 62.5 cm³/mol. The number of nitrogens with one attached hydrogen (secondary N) is 2. The van der Waals surface area contributed by atoms with Crippen LogP contribution in [0.1, 0.15) is 5.56 Å². The van der Waals surface area contributed by atoms with Crippen LogP contribution in [0.5, 0.6) is 0 Å². The smallest absolute Gasteiger partial charge is 0.233 e. The van der Waals surface area contributed by atoms with Crippen molar-refractivity contribution >= 4 is 15.7 Å². The van der Waals surface area contributed by atoms with E-state index < -0.39 is 10.0 Å². The lowest BCUT2D eigenvalue weighted by molar-refractivity contribution is 0.598. The zero-order valence-electron chi connectivity index (χ0n) is 9.25. The van der Waals surface area contributed by atoms with Crippen LogP contribution < -0.4 is 10.0 Å². The highest BCUT2D eigenvalue weighted by molar-refractivity contribution is 7.92. The Kier molecular flexibility index (Phi) is 4.26. The minimum atomic E-state index is -3.37. The zero-order valence-corrected chi connectivity index (χ0v) is 10.1. The molecule has 0 aliphatic carbocycles. The maximum atomic E-state index is 12.8. The molecule has 6 heteroatoms. The predicted octanol–water partition coefficient (Wildman–Crippen LogP) is 1.10. The molecule has 0 saturated carbocycles. The summed E-state index contributed by atoms with van der Waals surface area (Å²) in [7, 11) is -1.69. The lowest BCUT2D eigenvalue weighted by Crippen LogP contribution is -2.24. The van der Waals surface area contributed by atoms with E-state index in [0.29, 0.717) is 17.8 Å². The number of sulfonamides is 1. The van der Waals surface area contributed by atoms with E-state index in [-0.39, 0.29) is 11.6 Å². The van der Waals surface area contributed by atoms with Crippen molar-refractivity contribution in [2.75, 3.05) is 24.1 Å². The summed E-state index contributed by atoms with van der Waals surface area (Å²) in [5, 5.41) is 2.75. The van der Waals surface area contributed by atoms with Crippen molar-refractivity contribution in [2.24, 2.45) is 0 Å². The highest BCUT2D eigenvalue weighted by atomic mass is 32.2. The third-order valence-corrected chi connectivity index (χ3v) is 3.35. The van der Waals surface area contributed by atoms with Crippen LogP contribution in [0.2, 0.25) is 0 Å². The molecule has 90 valence electrons. The van der Waals surface area contributed by atoms with Gasteiger partial charge < -0.3 is 5.32 Å². The molecule has 2 N–H and O–H groups in total. The summed E-state index contributed by atoms with van der Waals surface area (Å²) in [6.45, 7) is 2.02. The summed E-state index contributed by atoms with van der Waals surface area (Å²) in [4.78, 5) is 0. The number of rotatable bonds is 5. The standard InChI is InChI=1S/C10H15FN2O2S/c1-8-7-9(11)3-4-10(8)13-16(14,15)6-5-12-2/h3-4,7,12-13H,5-6H2,1-2H3. The quantitative estimate of drug-likeness (QED) is 0.818. The van der Waals surface area contributed by atoms with Gasteiger partial charge in [0.15, 0.2) is 0 Å². The van der Waals surface area contributed by atoms with E-state index in [9.17, 15) is 12.8 Å². The molecule has 4 nitrogen and oxygen atoms in total. The van der Waals surface area contributed by atoms with Gasteiger partial charge in [-0.15, -0.1) is 0 Å². The minimum absolute atomic E-state index is 0.0136. The first kappa shape index (κ1) is 12.9. The Bertz CT molecular complexity index is 460. The number of hydrogen-bond acceptors (Lipinski definition) is 3.